The molecule has 1 aromatic carbocycles. The average Bonchev–Trinajstić information content (AvgIpc) is 2.76. The van der Waals surface area contributed by atoms with E-state index in [0.29, 0.717) is 17.6 Å². The number of aliphatic carboxylic acids is 2. The molecule has 0 radical (unpaired) electrons. The Morgan fingerprint density at radius 2 is 1.73 bits per heavy atom. The minimum atomic E-state index is -1.29. The highest BCUT2D eigenvalue weighted by molar-refractivity contribution is 5.97. The van der Waals surface area contributed by atoms with Crippen molar-refractivity contribution >= 4 is 46.3 Å². The summed E-state index contributed by atoms with van der Waals surface area (Å²) >= 11 is 0. The van der Waals surface area contributed by atoms with Gasteiger partial charge in [0.15, 0.2) is 5.82 Å². The number of nitrogens with two attached hydrogens (primary N) is 2. The zero-order valence-corrected chi connectivity index (χ0v) is 17.7. The lowest BCUT2D eigenvalue weighted by Crippen LogP contribution is -2.41. The zero-order chi connectivity index (χ0) is 24.1. The van der Waals surface area contributed by atoms with Crippen LogP contribution < -0.4 is 21.7 Å². The van der Waals surface area contributed by atoms with Crippen LogP contribution >= 0.6 is 0 Å². The van der Waals surface area contributed by atoms with Crippen molar-refractivity contribution < 1.29 is 24.6 Å². The Hall–Kier alpha value is -4.48. The summed E-state index contributed by atoms with van der Waals surface area (Å²) in [5.41, 5.74) is 14.2. The lowest BCUT2D eigenvalue weighted by atomic mass is 10.1. The summed E-state index contributed by atoms with van der Waals surface area (Å²) in [5.74, 6) is -2.76. The largest absolute Gasteiger partial charge is 0.481 e. The zero-order valence-electron chi connectivity index (χ0n) is 17.7. The van der Waals surface area contributed by atoms with Gasteiger partial charge in [0.25, 0.3) is 5.91 Å². The number of aromatic nitrogens is 3. The van der Waals surface area contributed by atoms with Crippen LogP contribution in [0.1, 0.15) is 28.9 Å². The minimum Gasteiger partial charge on any atom is -0.481 e. The molecular formula is C21H23N7O5. The molecule has 12 heteroatoms. The maximum Gasteiger partial charge on any atom is 0.326 e. The second-order valence-electron chi connectivity index (χ2n) is 7.34. The van der Waals surface area contributed by atoms with Crippen LogP contribution in [0.2, 0.25) is 0 Å². The molecule has 0 aliphatic rings. The summed E-state index contributed by atoms with van der Waals surface area (Å²) in [4.78, 5) is 48.7. The quantitative estimate of drug-likeness (QED) is 0.308. The highest BCUT2D eigenvalue weighted by atomic mass is 16.4. The van der Waals surface area contributed by atoms with E-state index in [9.17, 15) is 19.5 Å². The maximum absolute atomic E-state index is 12.4. The molecule has 0 saturated heterocycles. The van der Waals surface area contributed by atoms with E-state index in [2.05, 4.69) is 20.3 Å². The van der Waals surface area contributed by atoms with Gasteiger partial charge in [-0.25, -0.2) is 14.8 Å². The van der Waals surface area contributed by atoms with Crippen LogP contribution in [-0.4, -0.2) is 56.1 Å². The van der Waals surface area contributed by atoms with E-state index >= 15 is 0 Å². The SMILES string of the molecule is CN(Cc1ccc2nc(N)nc(N)c2n1)c1ccc(C(=O)NC(CCC(=O)O)C(=O)O)cc1. The lowest BCUT2D eigenvalue weighted by molar-refractivity contribution is -0.140. The fraction of sp³-hybridized carbons (Fsp3) is 0.238. The van der Waals surface area contributed by atoms with Gasteiger partial charge in [-0.3, -0.25) is 9.59 Å². The molecule has 1 amide bonds. The number of nitrogens with one attached hydrogen (secondary N) is 1. The molecule has 0 fully saturated rings. The number of carbonyl (C=O) groups excluding carboxylic acids is 1. The topological polar surface area (TPSA) is 198 Å². The highest BCUT2D eigenvalue weighted by Crippen LogP contribution is 2.20. The molecule has 7 N–H and O–H groups in total. The predicted molar refractivity (Wildman–Crippen MR) is 120 cm³/mol. The van der Waals surface area contributed by atoms with Crippen LogP contribution in [0.3, 0.4) is 0 Å². The van der Waals surface area contributed by atoms with Gasteiger partial charge in [0.05, 0.1) is 17.8 Å². The second-order valence-corrected chi connectivity index (χ2v) is 7.34. The molecule has 0 bridgehead atoms. The molecule has 1 unspecified atom stereocenters. The van der Waals surface area contributed by atoms with Gasteiger partial charge in [-0.15, -0.1) is 0 Å². The van der Waals surface area contributed by atoms with Gasteiger partial charge >= 0.3 is 11.9 Å². The first-order valence-corrected chi connectivity index (χ1v) is 9.89. The van der Waals surface area contributed by atoms with Crippen LogP contribution in [0.4, 0.5) is 17.5 Å². The molecule has 172 valence electrons. The number of carboxylic acids is 2. The van der Waals surface area contributed by atoms with E-state index in [1.807, 2.05) is 11.9 Å². The van der Waals surface area contributed by atoms with Gasteiger partial charge in [-0.1, -0.05) is 0 Å². The minimum absolute atomic E-state index is 0.0763. The Morgan fingerprint density at radius 3 is 2.36 bits per heavy atom. The number of carboxylic acid groups (broad SMARTS) is 2. The number of fused-ring (bicyclic) bond motifs is 1. The molecule has 3 aromatic rings. The maximum atomic E-state index is 12.4. The van der Waals surface area contributed by atoms with Crippen molar-refractivity contribution in [3.8, 4) is 0 Å². The molecule has 2 heterocycles. The Balaban J connectivity index is 1.67. The molecule has 12 nitrogen and oxygen atoms in total. The number of nitrogen functional groups attached to an aromatic ring is 2. The van der Waals surface area contributed by atoms with Crippen LogP contribution in [0.25, 0.3) is 11.0 Å². The molecule has 0 saturated carbocycles. The number of hydrogen-bond acceptors (Lipinski definition) is 9. The molecule has 0 spiro atoms. The van der Waals surface area contributed by atoms with E-state index < -0.39 is 23.9 Å². The first kappa shape index (κ1) is 23.2. The van der Waals surface area contributed by atoms with Crippen LogP contribution in [0.15, 0.2) is 36.4 Å². The first-order valence-electron chi connectivity index (χ1n) is 9.89. The number of hydrogen-bond donors (Lipinski definition) is 5. The number of benzene rings is 1. The van der Waals surface area contributed by atoms with Crippen molar-refractivity contribution in [3.63, 3.8) is 0 Å². The van der Waals surface area contributed by atoms with E-state index in [1.165, 1.54) is 0 Å². The number of rotatable bonds is 9. The number of nitrogens with zero attached hydrogens (tertiary/aromatic N) is 4. The smallest absolute Gasteiger partial charge is 0.326 e. The van der Waals surface area contributed by atoms with Crippen molar-refractivity contribution in [2.45, 2.75) is 25.4 Å². The first-order chi connectivity index (χ1) is 15.6. The van der Waals surface area contributed by atoms with Gasteiger partial charge in [0, 0.05) is 24.7 Å². The Labute approximate surface area is 188 Å². The Kier molecular flexibility index (Phi) is 6.86. The summed E-state index contributed by atoms with van der Waals surface area (Å²) in [6.07, 6.45) is -0.576. The number of pyridine rings is 1. The third-order valence-electron chi connectivity index (χ3n) is 4.86. The second kappa shape index (κ2) is 9.77. The molecule has 0 aliphatic heterocycles. The molecule has 33 heavy (non-hydrogen) atoms. The fourth-order valence-corrected chi connectivity index (χ4v) is 3.15. The van der Waals surface area contributed by atoms with Crippen LogP contribution in [0.5, 0.6) is 0 Å². The van der Waals surface area contributed by atoms with Gasteiger partial charge in [0.1, 0.15) is 11.6 Å². The van der Waals surface area contributed by atoms with Crippen molar-refractivity contribution in [2.75, 3.05) is 23.4 Å². The number of amides is 1. The molecule has 3 rings (SSSR count). The molecular weight excluding hydrogens is 430 g/mol. The van der Waals surface area contributed by atoms with Gasteiger partial charge < -0.3 is 31.9 Å². The van der Waals surface area contributed by atoms with E-state index in [4.69, 9.17) is 16.6 Å². The Morgan fingerprint density at radius 1 is 1.03 bits per heavy atom. The molecule has 0 aliphatic carbocycles. The summed E-state index contributed by atoms with van der Waals surface area (Å²) < 4.78 is 0. The van der Waals surface area contributed by atoms with Crippen molar-refractivity contribution in [2.24, 2.45) is 0 Å². The standard InChI is InChI=1S/C21H23N7O5/c1-28(10-12-4-7-14-17(24-12)18(22)27-21(23)26-14)13-5-2-11(3-6-13)19(31)25-15(20(32)33)8-9-16(29)30/h2-7,15H,8-10H2,1H3,(H,25,31)(H,29,30)(H,32,33)(H4,22,23,26,27). The van der Waals surface area contributed by atoms with Crippen molar-refractivity contribution in [1.29, 1.82) is 0 Å². The highest BCUT2D eigenvalue weighted by Gasteiger charge is 2.21. The van der Waals surface area contributed by atoms with E-state index in [0.717, 1.165) is 11.4 Å². The lowest BCUT2D eigenvalue weighted by Gasteiger charge is -2.20. The summed E-state index contributed by atoms with van der Waals surface area (Å²) in [6, 6.07) is 8.80. The normalized spacial score (nSPS) is 11.7. The third-order valence-corrected chi connectivity index (χ3v) is 4.86. The summed E-state index contributed by atoms with van der Waals surface area (Å²) in [7, 11) is 1.84. The van der Waals surface area contributed by atoms with Gasteiger partial charge in [0.2, 0.25) is 5.95 Å². The summed E-state index contributed by atoms with van der Waals surface area (Å²) in [5, 5.41) is 20.3. The summed E-state index contributed by atoms with van der Waals surface area (Å²) in [6.45, 7) is 0.432. The Bertz CT molecular complexity index is 1200. The van der Waals surface area contributed by atoms with Crippen LogP contribution in [0, 0.1) is 0 Å². The van der Waals surface area contributed by atoms with E-state index in [-0.39, 0.29) is 30.2 Å². The third kappa shape index (κ3) is 5.81. The number of carbonyl (C=O) groups is 3. The van der Waals surface area contributed by atoms with Crippen LogP contribution in [-0.2, 0) is 16.1 Å². The van der Waals surface area contributed by atoms with Crippen molar-refractivity contribution in [1.82, 2.24) is 20.3 Å². The monoisotopic (exact) mass is 453 g/mol. The van der Waals surface area contributed by atoms with Gasteiger partial charge in [-0.2, -0.15) is 4.98 Å². The molecule has 1 atom stereocenters. The van der Waals surface area contributed by atoms with E-state index in [1.54, 1.807) is 36.4 Å². The fourth-order valence-electron chi connectivity index (χ4n) is 3.15. The average molecular weight is 453 g/mol. The predicted octanol–water partition coefficient (Wildman–Crippen LogP) is 0.873. The van der Waals surface area contributed by atoms with Gasteiger partial charge in [-0.05, 0) is 42.8 Å². The van der Waals surface area contributed by atoms with Crippen molar-refractivity contribution in [3.05, 3.63) is 47.7 Å². The molecule has 2 aromatic heterocycles. The number of anilines is 3.